The summed E-state index contributed by atoms with van der Waals surface area (Å²) in [5.41, 5.74) is 0. The first-order chi connectivity index (χ1) is 8.16. The Morgan fingerprint density at radius 2 is 2.41 bits per heavy atom. The standard InChI is InChI=1S/C10H13N3O3S/c14-10(12-7-2-1-5-11-6-7)8-3-4-9(17-8)13(15)16/h3-4,7,11H,1-2,5-6H2,(H,12,14). The lowest BCUT2D eigenvalue weighted by Gasteiger charge is -2.23. The van der Waals surface area contributed by atoms with Crippen molar-refractivity contribution in [3.8, 4) is 0 Å². The predicted molar refractivity (Wildman–Crippen MR) is 64.3 cm³/mol. The van der Waals surface area contributed by atoms with Crippen molar-refractivity contribution >= 4 is 22.2 Å². The molecular weight excluding hydrogens is 242 g/mol. The minimum Gasteiger partial charge on any atom is -0.347 e. The van der Waals surface area contributed by atoms with Crippen molar-refractivity contribution in [2.24, 2.45) is 0 Å². The zero-order chi connectivity index (χ0) is 12.3. The maximum absolute atomic E-state index is 11.8. The summed E-state index contributed by atoms with van der Waals surface area (Å²) in [5.74, 6) is -0.225. The summed E-state index contributed by atoms with van der Waals surface area (Å²) in [5, 5.41) is 16.6. The molecule has 17 heavy (non-hydrogen) atoms. The zero-order valence-electron chi connectivity index (χ0n) is 9.14. The summed E-state index contributed by atoms with van der Waals surface area (Å²) in [6.07, 6.45) is 1.99. The smallest absolute Gasteiger partial charge is 0.324 e. The molecule has 1 aliphatic heterocycles. The van der Waals surface area contributed by atoms with Crippen LogP contribution in [0.25, 0.3) is 0 Å². The fourth-order valence-corrected chi connectivity index (χ4v) is 2.50. The zero-order valence-corrected chi connectivity index (χ0v) is 9.96. The minimum atomic E-state index is -0.483. The summed E-state index contributed by atoms with van der Waals surface area (Å²) < 4.78 is 0. The number of nitrogens with one attached hydrogen (secondary N) is 2. The second kappa shape index (κ2) is 5.24. The molecule has 0 saturated carbocycles. The van der Waals surface area contributed by atoms with E-state index in [9.17, 15) is 14.9 Å². The van der Waals surface area contributed by atoms with Crippen LogP contribution in [0, 0.1) is 10.1 Å². The van der Waals surface area contributed by atoms with E-state index in [2.05, 4.69) is 10.6 Å². The van der Waals surface area contributed by atoms with Gasteiger partial charge in [-0.2, -0.15) is 0 Å². The Morgan fingerprint density at radius 1 is 1.59 bits per heavy atom. The number of rotatable bonds is 3. The fraction of sp³-hybridized carbons (Fsp3) is 0.500. The normalized spacial score (nSPS) is 19.9. The number of amides is 1. The maximum Gasteiger partial charge on any atom is 0.324 e. The molecule has 2 heterocycles. The first kappa shape index (κ1) is 12.0. The Kier molecular flexibility index (Phi) is 3.70. The van der Waals surface area contributed by atoms with E-state index in [1.165, 1.54) is 12.1 Å². The highest BCUT2D eigenvalue weighted by molar-refractivity contribution is 7.17. The van der Waals surface area contributed by atoms with Gasteiger partial charge in [-0.25, -0.2) is 0 Å². The molecule has 1 atom stereocenters. The molecule has 1 aromatic rings. The SMILES string of the molecule is O=C(NC1CCCNC1)c1ccc([N+](=O)[O-])s1. The van der Waals surface area contributed by atoms with Gasteiger partial charge in [0, 0.05) is 18.7 Å². The van der Waals surface area contributed by atoms with Crippen LogP contribution in [-0.2, 0) is 0 Å². The molecule has 1 amide bonds. The highest BCUT2D eigenvalue weighted by Gasteiger charge is 2.19. The number of carbonyl (C=O) groups excluding carboxylic acids is 1. The van der Waals surface area contributed by atoms with Crippen LogP contribution in [0.1, 0.15) is 22.5 Å². The topological polar surface area (TPSA) is 84.3 Å². The summed E-state index contributed by atoms with van der Waals surface area (Å²) >= 11 is 0.906. The van der Waals surface area contributed by atoms with Crippen molar-refractivity contribution in [3.05, 3.63) is 27.1 Å². The number of carbonyl (C=O) groups is 1. The van der Waals surface area contributed by atoms with Gasteiger partial charge in [0.1, 0.15) is 0 Å². The molecule has 1 fully saturated rings. The number of thiophene rings is 1. The lowest BCUT2D eigenvalue weighted by molar-refractivity contribution is -0.380. The molecule has 2 rings (SSSR count). The number of hydrogen-bond donors (Lipinski definition) is 2. The Morgan fingerprint density at radius 3 is 3.00 bits per heavy atom. The number of nitrogens with zero attached hydrogens (tertiary/aromatic N) is 1. The van der Waals surface area contributed by atoms with Crippen LogP contribution in [0.2, 0.25) is 0 Å². The molecule has 92 valence electrons. The third-order valence-electron chi connectivity index (χ3n) is 2.63. The summed E-state index contributed by atoms with van der Waals surface area (Å²) in [7, 11) is 0. The van der Waals surface area contributed by atoms with Crippen LogP contribution in [-0.4, -0.2) is 30.0 Å². The molecule has 1 aliphatic rings. The number of hydrogen-bond acceptors (Lipinski definition) is 5. The minimum absolute atomic E-state index is 0.00285. The van der Waals surface area contributed by atoms with Gasteiger partial charge in [0.25, 0.3) is 5.91 Å². The van der Waals surface area contributed by atoms with E-state index in [0.29, 0.717) is 4.88 Å². The van der Waals surface area contributed by atoms with E-state index in [1.54, 1.807) is 0 Å². The second-order valence-electron chi connectivity index (χ2n) is 3.91. The molecule has 0 spiro atoms. The van der Waals surface area contributed by atoms with E-state index in [4.69, 9.17) is 0 Å². The van der Waals surface area contributed by atoms with Gasteiger partial charge in [-0.05, 0) is 25.5 Å². The van der Waals surface area contributed by atoms with Crippen LogP contribution in [0.15, 0.2) is 12.1 Å². The Bertz CT molecular complexity index is 426. The molecule has 1 saturated heterocycles. The van der Waals surface area contributed by atoms with E-state index in [0.717, 1.165) is 37.3 Å². The van der Waals surface area contributed by atoms with Gasteiger partial charge in [-0.15, -0.1) is 0 Å². The highest BCUT2D eigenvalue weighted by Crippen LogP contribution is 2.23. The van der Waals surface area contributed by atoms with Gasteiger partial charge in [0.2, 0.25) is 0 Å². The van der Waals surface area contributed by atoms with Gasteiger partial charge < -0.3 is 10.6 Å². The summed E-state index contributed by atoms with van der Waals surface area (Å²) in [6.45, 7) is 1.75. The van der Waals surface area contributed by atoms with E-state index >= 15 is 0 Å². The second-order valence-corrected chi connectivity index (χ2v) is 4.97. The van der Waals surface area contributed by atoms with Crippen molar-refractivity contribution in [2.45, 2.75) is 18.9 Å². The van der Waals surface area contributed by atoms with Crippen molar-refractivity contribution in [3.63, 3.8) is 0 Å². The highest BCUT2D eigenvalue weighted by atomic mass is 32.1. The average Bonchev–Trinajstić information content (AvgIpc) is 2.79. The molecular formula is C10H13N3O3S. The molecule has 1 aromatic heterocycles. The third kappa shape index (κ3) is 3.01. The fourth-order valence-electron chi connectivity index (χ4n) is 1.78. The Labute approximate surface area is 102 Å². The lowest BCUT2D eigenvalue weighted by atomic mass is 10.1. The van der Waals surface area contributed by atoms with Gasteiger partial charge in [-0.3, -0.25) is 14.9 Å². The monoisotopic (exact) mass is 255 g/mol. The van der Waals surface area contributed by atoms with Gasteiger partial charge in [0.15, 0.2) is 0 Å². The number of piperidine rings is 1. The molecule has 2 N–H and O–H groups in total. The molecule has 0 radical (unpaired) electrons. The largest absolute Gasteiger partial charge is 0.347 e. The first-order valence-electron chi connectivity index (χ1n) is 5.42. The van der Waals surface area contributed by atoms with Crippen LogP contribution in [0.5, 0.6) is 0 Å². The third-order valence-corrected chi connectivity index (χ3v) is 3.66. The maximum atomic E-state index is 11.8. The van der Waals surface area contributed by atoms with E-state index < -0.39 is 4.92 Å². The Hall–Kier alpha value is -1.47. The average molecular weight is 255 g/mol. The molecule has 1 unspecified atom stereocenters. The molecule has 7 heteroatoms. The van der Waals surface area contributed by atoms with Crippen LogP contribution >= 0.6 is 11.3 Å². The molecule has 0 bridgehead atoms. The predicted octanol–water partition coefficient (Wildman–Crippen LogP) is 1.14. The van der Waals surface area contributed by atoms with Crippen LogP contribution in [0.4, 0.5) is 5.00 Å². The van der Waals surface area contributed by atoms with Crippen molar-refractivity contribution in [2.75, 3.05) is 13.1 Å². The molecule has 6 nitrogen and oxygen atoms in total. The first-order valence-corrected chi connectivity index (χ1v) is 6.24. The quantitative estimate of drug-likeness (QED) is 0.626. The van der Waals surface area contributed by atoms with Gasteiger partial charge in [0.05, 0.1) is 9.80 Å². The summed E-state index contributed by atoms with van der Waals surface area (Å²) in [6, 6.07) is 2.98. The van der Waals surface area contributed by atoms with Crippen molar-refractivity contribution in [1.82, 2.24) is 10.6 Å². The molecule has 0 aliphatic carbocycles. The summed E-state index contributed by atoms with van der Waals surface area (Å²) in [4.78, 5) is 22.2. The number of nitro groups is 1. The van der Waals surface area contributed by atoms with Crippen LogP contribution in [0.3, 0.4) is 0 Å². The van der Waals surface area contributed by atoms with Crippen molar-refractivity contribution in [1.29, 1.82) is 0 Å². The van der Waals surface area contributed by atoms with Gasteiger partial charge in [-0.1, -0.05) is 11.3 Å². The Balaban J connectivity index is 1.96. The lowest BCUT2D eigenvalue weighted by Crippen LogP contribution is -2.45. The van der Waals surface area contributed by atoms with Crippen LogP contribution < -0.4 is 10.6 Å². The van der Waals surface area contributed by atoms with Gasteiger partial charge >= 0.3 is 5.00 Å². The van der Waals surface area contributed by atoms with Crippen molar-refractivity contribution < 1.29 is 9.72 Å². The van der Waals surface area contributed by atoms with E-state index in [-0.39, 0.29) is 17.0 Å². The van der Waals surface area contributed by atoms with E-state index in [1.807, 2.05) is 0 Å². The molecule has 0 aromatic carbocycles.